The lowest BCUT2D eigenvalue weighted by Crippen LogP contribution is -2.50. The highest BCUT2D eigenvalue weighted by Gasteiger charge is 2.33. The van der Waals surface area contributed by atoms with Gasteiger partial charge in [-0.15, -0.1) is 0 Å². The van der Waals surface area contributed by atoms with Crippen molar-refractivity contribution in [1.82, 2.24) is 10.2 Å². The molecular weight excluding hydrogens is 552 g/mol. The summed E-state index contributed by atoms with van der Waals surface area (Å²) in [6.07, 6.45) is 0. The van der Waals surface area contributed by atoms with E-state index in [0.29, 0.717) is 17.1 Å². The van der Waals surface area contributed by atoms with Gasteiger partial charge in [-0.1, -0.05) is 18.2 Å². The van der Waals surface area contributed by atoms with Gasteiger partial charge in [-0.05, 0) is 61.9 Å². The molecule has 1 atom stereocenters. The van der Waals surface area contributed by atoms with Crippen molar-refractivity contribution in [2.75, 3.05) is 32.1 Å². The maximum atomic E-state index is 13.9. The molecule has 12 nitrogen and oxygen atoms in total. The largest absolute Gasteiger partial charge is 0.497 e. The third kappa shape index (κ3) is 7.11. The van der Waals surface area contributed by atoms with Gasteiger partial charge in [0.25, 0.3) is 15.7 Å². The molecule has 218 valence electrons. The Morgan fingerprint density at radius 1 is 1.00 bits per heavy atom. The highest BCUT2D eigenvalue weighted by atomic mass is 32.2. The average Bonchev–Trinajstić information content (AvgIpc) is 2.97. The average molecular weight is 585 g/mol. The second-order valence-corrected chi connectivity index (χ2v) is 10.9. The molecule has 13 heteroatoms. The van der Waals surface area contributed by atoms with Crippen molar-refractivity contribution in [2.24, 2.45) is 0 Å². The third-order valence-electron chi connectivity index (χ3n) is 6.51. The summed E-state index contributed by atoms with van der Waals surface area (Å²) in [7, 11) is -0.0985. The van der Waals surface area contributed by atoms with Gasteiger partial charge in [-0.2, -0.15) is 0 Å². The van der Waals surface area contributed by atoms with Crippen LogP contribution in [0.5, 0.6) is 11.5 Å². The van der Waals surface area contributed by atoms with Crippen molar-refractivity contribution >= 4 is 33.2 Å². The first-order valence-corrected chi connectivity index (χ1v) is 13.9. The van der Waals surface area contributed by atoms with Gasteiger partial charge in [0.05, 0.1) is 29.7 Å². The molecule has 0 unspecified atom stereocenters. The maximum absolute atomic E-state index is 13.9. The third-order valence-corrected chi connectivity index (χ3v) is 8.28. The number of amides is 2. The van der Waals surface area contributed by atoms with Crippen molar-refractivity contribution in [1.29, 1.82) is 0 Å². The zero-order valence-corrected chi connectivity index (χ0v) is 24.2. The normalized spacial score (nSPS) is 11.7. The Morgan fingerprint density at radius 3 is 2.24 bits per heavy atom. The number of nitro benzene ring substituents is 1. The van der Waals surface area contributed by atoms with Gasteiger partial charge >= 0.3 is 0 Å². The van der Waals surface area contributed by atoms with Crippen LogP contribution >= 0.6 is 0 Å². The van der Waals surface area contributed by atoms with Crippen LogP contribution in [0.2, 0.25) is 0 Å². The molecule has 0 fully saturated rings. The molecule has 0 spiro atoms. The molecule has 0 bridgehead atoms. The van der Waals surface area contributed by atoms with Crippen LogP contribution in [-0.4, -0.2) is 63.9 Å². The van der Waals surface area contributed by atoms with E-state index < -0.39 is 39.3 Å². The van der Waals surface area contributed by atoms with Crippen LogP contribution < -0.4 is 19.1 Å². The van der Waals surface area contributed by atoms with Crippen molar-refractivity contribution in [3.8, 4) is 11.5 Å². The number of hydrogen-bond acceptors (Lipinski definition) is 8. The molecular formula is C28H32N4O8S. The van der Waals surface area contributed by atoms with Crippen LogP contribution in [0, 0.1) is 17.0 Å². The maximum Gasteiger partial charge on any atom is 0.273 e. The van der Waals surface area contributed by atoms with Gasteiger partial charge in [0, 0.05) is 25.2 Å². The number of rotatable bonds is 12. The molecule has 3 rings (SSSR count). The molecule has 41 heavy (non-hydrogen) atoms. The van der Waals surface area contributed by atoms with E-state index in [0.717, 1.165) is 10.4 Å². The summed E-state index contributed by atoms with van der Waals surface area (Å²) in [5.41, 5.74) is 0.683. The summed E-state index contributed by atoms with van der Waals surface area (Å²) in [5.74, 6) is -0.124. The SMILES string of the molecule is CNC(=O)[C@@H](C)N(Cc1cccc(OC)c1)C(=O)CN(c1ccc(OC)cc1)S(=O)(=O)c1ccc(C)c([N+](=O)[O-])c1. The smallest absolute Gasteiger partial charge is 0.273 e. The van der Waals surface area contributed by atoms with E-state index in [-0.39, 0.29) is 28.4 Å². The van der Waals surface area contributed by atoms with Crippen LogP contribution in [-0.2, 0) is 26.2 Å². The minimum atomic E-state index is -4.49. The lowest BCUT2D eigenvalue weighted by Gasteiger charge is -2.31. The molecule has 2 amide bonds. The van der Waals surface area contributed by atoms with E-state index in [1.807, 2.05) is 0 Å². The van der Waals surface area contributed by atoms with Crippen molar-refractivity contribution in [2.45, 2.75) is 31.3 Å². The minimum Gasteiger partial charge on any atom is -0.497 e. The Hall–Kier alpha value is -4.65. The molecule has 0 aliphatic carbocycles. The number of sulfonamides is 1. The van der Waals surface area contributed by atoms with E-state index in [1.54, 1.807) is 24.3 Å². The molecule has 0 aromatic heterocycles. The van der Waals surface area contributed by atoms with Gasteiger partial charge in [-0.25, -0.2) is 8.42 Å². The Bertz CT molecular complexity index is 1530. The van der Waals surface area contributed by atoms with Crippen LogP contribution in [0.4, 0.5) is 11.4 Å². The van der Waals surface area contributed by atoms with E-state index in [2.05, 4.69) is 5.32 Å². The van der Waals surface area contributed by atoms with Gasteiger partial charge in [0.15, 0.2) is 0 Å². The lowest BCUT2D eigenvalue weighted by atomic mass is 10.1. The number of anilines is 1. The van der Waals surface area contributed by atoms with Crippen LogP contribution in [0.15, 0.2) is 71.6 Å². The molecule has 0 saturated carbocycles. The van der Waals surface area contributed by atoms with Crippen LogP contribution in [0.1, 0.15) is 18.1 Å². The molecule has 0 radical (unpaired) electrons. The highest BCUT2D eigenvalue weighted by Crippen LogP contribution is 2.29. The second-order valence-electron chi connectivity index (χ2n) is 9.08. The monoisotopic (exact) mass is 584 g/mol. The van der Waals surface area contributed by atoms with Gasteiger partial charge in [-0.3, -0.25) is 24.0 Å². The number of aryl methyl sites for hydroxylation is 1. The summed E-state index contributed by atoms with van der Waals surface area (Å²) in [4.78, 5) is 38.2. The fourth-order valence-electron chi connectivity index (χ4n) is 4.11. The number of carbonyl (C=O) groups excluding carboxylic acids is 2. The van der Waals surface area contributed by atoms with Crippen molar-refractivity contribution in [3.63, 3.8) is 0 Å². The molecule has 0 aliphatic heterocycles. The predicted octanol–water partition coefficient (Wildman–Crippen LogP) is 3.28. The minimum absolute atomic E-state index is 0.0167. The first-order chi connectivity index (χ1) is 19.4. The zero-order valence-electron chi connectivity index (χ0n) is 23.4. The quantitative estimate of drug-likeness (QED) is 0.252. The summed E-state index contributed by atoms with van der Waals surface area (Å²) in [6.45, 7) is 2.32. The highest BCUT2D eigenvalue weighted by molar-refractivity contribution is 7.92. The summed E-state index contributed by atoms with van der Waals surface area (Å²) >= 11 is 0. The van der Waals surface area contributed by atoms with Gasteiger partial charge in [0.2, 0.25) is 11.8 Å². The van der Waals surface area contributed by atoms with E-state index in [4.69, 9.17) is 9.47 Å². The van der Waals surface area contributed by atoms with Gasteiger partial charge < -0.3 is 19.7 Å². The number of nitro groups is 1. The molecule has 3 aromatic rings. The number of ether oxygens (including phenoxy) is 2. The summed E-state index contributed by atoms with van der Waals surface area (Å²) in [6, 6.07) is 15.5. The fourth-order valence-corrected chi connectivity index (χ4v) is 5.54. The van der Waals surface area contributed by atoms with E-state index in [9.17, 15) is 28.1 Å². The number of nitrogens with zero attached hydrogens (tertiary/aromatic N) is 3. The molecule has 3 aromatic carbocycles. The Morgan fingerprint density at radius 2 is 1.66 bits per heavy atom. The van der Waals surface area contributed by atoms with E-state index in [1.165, 1.54) is 76.4 Å². The number of carbonyl (C=O) groups is 2. The summed E-state index contributed by atoms with van der Waals surface area (Å²) < 4.78 is 39.2. The molecule has 0 saturated heterocycles. The first kappa shape index (κ1) is 30.9. The summed E-state index contributed by atoms with van der Waals surface area (Å²) in [5, 5.41) is 14.1. The number of likely N-dealkylation sites (N-methyl/N-ethyl adjacent to an activating group) is 1. The number of benzene rings is 3. The lowest BCUT2D eigenvalue weighted by molar-refractivity contribution is -0.385. The zero-order chi connectivity index (χ0) is 30.3. The number of nitrogens with one attached hydrogen (secondary N) is 1. The van der Waals surface area contributed by atoms with Crippen LogP contribution in [0.3, 0.4) is 0 Å². The van der Waals surface area contributed by atoms with Crippen LogP contribution in [0.25, 0.3) is 0 Å². The second kappa shape index (κ2) is 13.1. The van der Waals surface area contributed by atoms with Gasteiger partial charge in [0.1, 0.15) is 24.1 Å². The Labute approximate surface area is 238 Å². The van der Waals surface area contributed by atoms with Crippen molar-refractivity contribution < 1.29 is 32.4 Å². The standard InChI is InChI=1S/C28H32N4O8S/c1-19-9-14-25(16-26(19)32(35)36)41(37,38)31(22-10-12-23(39-4)13-11-22)18-27(33)30(20(2)28(34)29-3)17-21-7-6-8-24(15-21)40-5/h6-16,20H,17-18H2,1-5H3,(H,29,34)/t20-/m1/s1. The Kier molecular flexibility index (Phi) is 9.90. The molecule has 0 aliphatic rings. The predicted molar refractivity (Wildman–Crippen MR) is 152 cm³/mol. The van der Waals surface area contributed by atoms with Crippen molar-refractivity contribution in [3.05, 3.63) is 88.0 Å². The Balaban J connectivity index is 2.09. The first-order valence-electron chi connectivity index (χ1n) is 12.5. The topological polar surface area (TPSA) is 148 Å². The number of hydrogen-bond donors (Lipinski definition) is 1. The molecule has 1 N–H and O–H groups in total. The fraction of sp³-hybridized carbons (Fsp3) is 0.286. The number of methoxy groups -OCH3 is 2. The molecule has 0 heterocycles. The van der Waals surface area contributed by atoms with E-state index >= 15 is 0 Å².